The smallest absolute Gasteiger partial charge is 0.226 e. The molecule has 0 saturated heterocycles. The minimum absolute atomic E-state index is 0.0872. The third kappa shape index (κ3) is 4.72. The molecule has 0 atom stereocenters. The van der Waals surface area contributed by atoms with Crippen LogP contribution in [-0.2, 0) is 4.79 Å². The maximum absolute atomic E-state index is 11.7. The van der Waals surface area contributed by atoms with Gasteiger partial charge in [0.2, 0.25) is 5.91 Å². The van der Waals surface area contributed by atoms with Gasteiger partial charge in [-0.25, -0.2) is 4.98 Å². The van der Waals surface area contributed by atoms with Crippen molar-refractivity contribution in [2.45, 2.75) is 19.8 Å². The van der Waals surface area contributed by atoms with Crippen LogP contribution in [0.3, 0.4) is 0 Å². The number of hydrogen-bond acceptors (Lipinski definition) is 5. The number of nitrogens with zero attached hydrogens (tertiary/aromatic N) is 2. The number of amides is 1. The van der Waals surface area contributed by atoms with E-state index in [9.17, 15) is 4.79 Å². The Morgan fingerprint density at radius 2 is 2.36 bits per heavy atom. The van der Waals surface area contributed by atoms with Crippen molar-refractivity contribution in [3.8, 4) is 11.8 Å². The fraction of sp³-hybridized carbons (Fsp3) is 0.267. The molecular formula is C15H14ClN3O2S. The van der Waals surface area contributed by atoms with E-state index in [1.807, 2.05) is 13.0 Å². The van der Waals surface area contributed by atoms with Crippen molar-refractivity contribution in [1.82, 2.24) is 4.98 Å². The molecule has 0 saturated carbocycles. The van der Waals surface area contributed by atoms with Gasteiger partial charge in [0.25, 0.3) is 0 Å². The molecule has 5 nitrogen and oxygen atoms in total. The maximum Gasteiger partial charge on any atom is 0.226 e. The molecule has 114 valence electrons. The Kier molecular flexibility index (Phi) is 5.75. The van der Waals surface area contributed by atoms with E-state index in [4.69, 9.17) is 21.6 Å². The van der Waals surface area contributed by atoms with Crippen LogP contribution < -0.4 is 10.1 Å². The Hall–Kier alpha value is -2.10. The minimum atomic E-state index is -0.0872. The summed E-state index contributed by atoms with van der Waals surface area (Å²) in [5, 5.41) is 12.5. The number of rotatable bonds is 6. The SMILES string of the molecule is Cc1cnc(NC(=O)CCCOc2ccc(C#N)c(Cl)c2)s1. The van der Waals surface area contributed by atoms with Crippen LogP contribution in [0.1, 0.15) is 23.3 Å². The fourth-order valence-electron chi connectivity index (χ4n) is 1.69. The molecule has 22 heavy (non-hydrogen) atoms. The molecule has 0 unspecified atom stereocenters. The third-order valence-electron chi connectivity index (χ3n) is 2.75. The van der Waals surface area contributed by atoms with E-state index in [0.717, 1.165) is 4.88 Å². The quantitative estimate of drug-likeness (QED) is 0.815. The maximum atomic E-state index is 11.7. The lowest BCUT2D eigenvalue weighted by Gasteiger charge is -2.07. The largest absolute Gasteiger partial charge is 0.494 e. The number of carbonyl (C=O) groups is 1. The Balaban J connectivity index is 1.72. The molecule has 1 heterocycles. The van der Waals surface area contributed by atoms with E-state index < -0.39 is 0 Å². The first-order valence-electron chi connectivity index (χ1n) is 6.63. The summed E-state index contributed by atoms with van der Waals surface area (Å²) < 4.78 is 5.50. The number of hydrogen-bond donors (Lipinski definition) is 1. The van der Waals surface area contributed by atoms with Gasteiger partial charge >= 0.3 is 0 Å². The summed E-state index contributed by atoms with van der Waals surface area (Å²) in [6.07, 6.45) is 2.65. The zero-order valence-electron chi connectivity index (χ0n) is 11.9. The van der Waals surface area contributed by atoms with Crippen LogP contribution in [0.25, 0.3) is 0 Å². The second-order valence-electron chi connectivity index (χ2n) is 4.53. The molecule has 1 amide bonds. The molecule has 1 aromatic heterocycles. The Bertz CT molecular complexity index is 709. The average molecular weight is 336 g/mol. The van der Waals surface area contributed by atoms with Gasteiger partial charge in [-0.2, -0.15) is 5.26 Å². The number of anilines is 1. The van der Waals surface area contributed by atoms with E-state index in [0.29, 0.717) is 40.9 Å². The molecule has 0 fully saturated rings. The lowest BCUT2D eigenvalue weighted by Crippen LogP contribution is -2.12. The van der Waals surface area contributed by atoms with E-state index in [-0.39, 0.29) is 5.91 Å². The normalized spacial score (nSPS) is 10.0. The molecule has 1 aromatic carbocycles. The standard InChI is InChI=1S/C15H14ClN3O2S/c1-10-9-18-15(22-10)19-14(20)3-2-6-21-12-5-4-11(8-17)13(16)7-12/h4-5,7,9H,2-3,6H2,1H3,(H,18,19,20). The molecule has 0 aliphatic carbocycles. The highest BCUT2D eigenvalue weighted by molar-refractivity contribution is 7.15. The molecule has 0 radical (unpaired) electrons. The number of nitrogens with one attached hydrogen (secondary N) is 1. The van der Waals surface area contributed by atoms with Gasteiger partial charge in [-0.1, -0.05) is 11.6 Å². The van der Waals surface area contributed by atoms with Crippen LogP contribution in [0.4, 0.5) is 5.13 Å². The predicted molar refractivity (Wildman–Crippen MR) is 86.4 cm³/mol. The molecule has 0 bridgehead atoms. The van der Waals surface area contributed by atoms with Crippen molar-refractivity contribution >= 4 is 34.0 Å². The molecular weight excluding hydrogens is 322 g/mol. The first-order valence-corrected chi connectivity index (χ1v) is 7.82. The Morgan fingerprint density at radius 3 is 3.00 bits per heavy atom. The topological polar surface area (TPSA) is 75.0 Å². The predicted octanol–water partition coefficient (Wildman–Crippen LogP) is 3.77. The number of ether oxygens (including phenoxy) is 1. The zero-order valence-corrected chi connectivity index (χ0v) is 13.5. The van der Waals surface area contributed by atoms with Crippen molar-refractivity contribution in [3.63, 3.8) is 0 Å². The first-order chi connectivity index (χ1) is 10.6. The van der Waals surface area contributed by atoms with Gasteiger partial charge in [0.05, 0.1) is 17.2 Å². The molecule has 0 aliphatic heterocycles. The second kappa shape index (κ2) is 7.78. The van der Waals surface area contributed by atoms with Gasteiger partial charge < -0.3 is 10.1 Å². The number of nitriles is 1. The summed E-state index contributed by atoms with van der Waals surface area (Å²) in [6, 6.07) is 6.87. The summed E-state index contributed by atoms with van der Waals surface area (Å²) in [5.41, 5.74) is 0.409. The molecule has 0 spiro atoms. The number of thiazole rings is 1. The lowest BCUT2D eigenvalue weighted by atomic mass is 10.2. The van der Waals surface area contributed by atoms with Crippen molar-refractivity contribution in [2.24, 2.45) is 0 Å². The van der Waals surface area contributed by atoms with Crippen LogP contribution in [0.15, 0.2) is 24.4 Å². The van der Waals surface area contributed by atoms with Gasteiger partial charge in [0.1, 0.15) is 11.8 Å². The van der Waals surface area contributed by atoms with Crippen molar-refractivity contribution in [3.05, 3.63) is 39.9 Å². The van der Waals surface area contributed by atoms with Crippen molar-refractivity contribution < 1.29 is 9.53 Å². The zero-order chi connectivity index (χ0) is 15.9. The molecule has 0 aliphatic rings. The summed E-state index contributed by atoms with van der Waals surface area (Å²) in [4.78, 5) is 16.8. The van der Waals surface area contributed by atoms with E-state index in [1.165, 1.54) is 11.3 Å². The van der Waals surface area contributed by atoms with Crippen molar-refractivity contribution in [1.29, 1.82) is 5.26 Å². The number of aromatic nitrogens is 1. The monoisotopic (exact) mass is 335 g/mol. The minimum Gasteiger partial charge on any atom is -0.494 e. The molecule has 7 heteroatoms. The van der Waals surface area contributed by atoms with Crippen LogP contribution in [0.5, 0.6) is 5.75 Å². The highest BCUT2D eigenvalue weighted by Crippen LogP contribution is 2.22. The third-order valence-corrected chi connectivity index (χ3v) is 3.89. The van der Waals surface area contributed by atoms with Gasteiger partial charge in [-0.3, -0.25) is 4.79 Å². The Labute approximate surface area is 137 Å². The second-order valence-corrected chi connectivity index (χ2v) is 6.17. The van der Waals surface area contributed by atoms with E-state index in [1.54, 1.807) is 24.4 Å². The lowest BCUT2D eigenvalue weighted by molar-refractivity contribution is -0.116. The highest BCUT2D eigenvalue weighted by atomic mass is 35.5. The van der Waals surface area contributed by atoms with Gasteiger partial charge in [-0.15, -0.1) is 11.3 Å². The van der Waals surface area contributed by atoms with Crippen molar-refractivity contribution in [2.75, 3.05) is 11.9 Å². The first kappa shape index (κ1) is 16.3. The summed E-state index contributed by atoms with van der Waals surface area (Å²) in [7, 11) is 0. The number of aryl methyl sites for hydroxylation is 1. The van der Waals surface area contributed by atoms with Crippen LogP contribution >= 0.6 is 22.9 Å². The Morgan fingerprint density at radius 1 is 1.55 bits per heavy atom. The van der Waals surface area contributed by atoms with Gasteiger partial charge in [0.15, 0.2) is 5.13 Å². The van der Waals surface area contributed by atoms with E-state index in [2.05, 4.69) is 10.3 Å². The van der Waals surface area contributed by atoms with Crippen LogP contribution in [0, 0.1) is 18.3 Å². The highest BCUT2D eigenvalue weighted by Gasteiger charge is 2.06. The number of benzene rings is 1. The molecule has 2 rings (SSSR count). The average Bonchev–Trinajstić information content (AvgIpc) is 2.89. The number of halogens is 1. The molecule has 2 aromatic rings. The van der Waals surface area contributed by atoms with Gasteiger partial charge in [0, 0.05) is 23.6 Å². The molecule has 1 N–H and O–H groups in total. The van der Waals surface area contributed by atoms with Crippen LogP contribution in [0.2, 0.25) is 5.02 Å². The summed E-state index contributed by atoms with van der Waals surface area (Å²) >= 11 is 7.35. The number of carbonyl (C=O) groups excluding carboxylic acids is 1. The fourth-order valence-corrected chi connectivity index (χ4v) is 2.59. The van der Waals surface area contributed by atoms with Crippen LogP contribution in [-0.4, -0.2) is 17.5 Å². The van der Waals surface area contributed by atoms with E-state index >= 15 is 0 Å². The summed E-state index contributed by atoms with van der Waals surface area (Å²) in [5.74, 6) is 0.496. The van der Waals surface area contributed by atoms with Gasteiger partial charge in [-0.05, 0) is 25.5 Å². The summed E-state index contributed by atoms with van der Waals surface area (Å²) in [6.45, 7) is 2.33.